The van der Waals surface area contributed by atoms with Crippen LogP contribution >= 0.6 is 11.3 Å². The monoisotopic (exact) mass is 414 g/mol. The highest BCUT2D eigenvalue weighted by atomic mass is 32.2. The summed E-state index contributed by atoms with van der Waals surface area (Å²) >= 11 is 1.23. The first-order valence-corrected chi connectivity index (χ1v) is 11.0. The van der Waals surface area contributed by atoms with Crippen molar-refractivity contribution in [2.45, 2.75) is 17.9 Å². The Kier molecular flexibility index (Phi) is 5.68. The SMILES string of the molecule is C#CCn1c(=NC(=O)Cc2ccc(OC)cc2)sc2cc(S(C)(=O)=O)ccc21. The molecule has 0 saturated heterocycles. The number of ether oxygens (including phenoxy) is 1. The average molecular weight is 415 g/mol. The van der Waals surface area contributed by atoms with Gasteiger partial charge in [0.1, 0.15) is 5.75 Å². The quantitative estimate of drug-likeness (QED) is 0.601. The van der Waals surface area contributed by atoms with Crippen LogP contribution < -0.4 is 9.54 Å². The van der Waals surface area contributed by atoms with E-state index in [4.69, 9.17) is 11.2 Å². The number of rotatable bonds is 5. The number of benzene rings is 2. The number of aromatic nitrogens is 1. The maximum Gasteiger partial charge on any atom is 0.252 e. The zero-order valence-corrected chi connectivity index (χ0v) is 17.0. The van der Waals surface area contributed by atoms with Crippen LogP contribution in [0.2, 0.25) is 0 Å². The van der Waals surface area contributed by atoms with Crippen LogP contribution in [0, 0.1) is 12.3 Å². The van der Waals surface area contributed by atoms with E-state index in [-0.39, 0.29) is 23.8 Å². The molecule has 0 aliphatic rings. The molecule has 3 rings (SSSR count). The highest BCUT2D eigenvalue weighted by molar-refractivity contribution is 7.90. The summed E-state index contributed by atoms with van der Waals surface area (Å²) < 4.78 is 31.1. The summed E-state index contributed by atoms with van der Waals surface area (Å²) in [6.45, 7) is 0.229. The van der Waals surface area contributed by atoms with Gasteiger partial charge in [0.05, 0.1) is 35.2 Å². The van der Waals surface area contributed by atoms with E-state index in [9.17, 15) is 13.2 Å². The number of hydrogen-bond donors (Lipinski definition) is 0. The van der Waals surface area contributed by atoms with Gasteiger partial charge in [-0.15, -0.1) is 6.42 Å². The topological polar surface area (TPSA) is 77.7 Å². The Hall–Kier alpha value is -2.89. The zero-order chi connectivity index (χ0) is 20.3. The lowest BCUT2D eigenvalue weighted by molar-refractivity contribution is -0.117. The van der Waals surface area contributed by atoms with E-state index in [1.807, 2.05) is 12.1 Å². The first-order chi connectivity index (χ1) is 13.3. The number of carbonyl (C=O) groups excluding carboxylic acids is 1. The molecule has 1 heterocycles. The third-order valence-corrected chi connectivity index (χ3v) is 6.22. The Balaban J connectivity index is 2.00. The van der Waals surface area contributed by atoms with E-state index in [2.05, 4.69) is 10.9 Å². The first kappa shape index (κ1) is 19.9. The second kappa shape index (κ2) is 8.00. The van der Waals surface area contributed by atoms with Gasteiger partial charge in [0.25, 0.3) is 5.91 Å². The Bertz CT molecular complexity index is 1240. The van der Waals surface area contributed by atoms with E-state index in [1.165, 1.54) is 17.4 Å². The molecule has 1 amide bonds. The molecule has 0 unspecified atom stereocenters. The van der Waals surface area contributed by atoms with Gasteiger partial charge in [0.15, 0.2) is 14.6 Å². The van der Waals surface area contributed by atoms with E-state index >= 15 is 0 Å². The van der Waals surface area contributed by atoms with Gasteiger partial charge < -0.3 is 9.30 Å². The molecule has 3 aromatic rings. The Labute approximate surface area is 167 Å². The van der Waals surface area contributed by atoms with Crippen LogP contribution in [0.15, 0.2) is 52.4 Å². The molecule has 1 aromatic heterocycles. The smallest absolute Gasteiger partial charge is 0.252 e. The van der Waals surface area contributed by atoms with E-state index < -0.39 is 9.84 Å². The molecule has 2 aromatic carbocycles. The molecule has 0 radical (unpaired) electrons. The minimum Gasteiger partial charge on any atom is -0.497 e. The molecule has 144 valence electrons. The summed E-state index contributed by atoms with van der Waals surface area (Å²) in [4.78, 5) is 17.3. The van der Waals surface area contributed by atoms with Crippen LogP contribution in [0.25, 0.3) is 10.2 Å². The second-order valence-electron chi connectivity index (χ2n) is 6.11. The molecule has 8 heteroatoms. The van der Waals surface area contributed by atoms with Crippen molar-refractivity contribution >= 4 is 37.3 Å². The van der Waals surface area contributed by atoms with Crippen LogP contribution in [-0.2, 0) is 27.6 Å². The average Bonchev–Trinajstić information content (AvgIpc) is 2.98. The molecule has 0 saturated carbocycles. The lowest BCUT2D eigenvalue weighted by Crippen LogP contribution is -2.17. The zero-order valence-electron chi connectivity index (χ0n) is 15.4. The van der Waals surface area contributed by atoms with Crippen LogP contribution in [0.3, 0.4) is 0 Å². The molecule has 0 fully saturated rings. The van der Waals surface area contributed by atoms with Gasteiger partial charge in [-0.05, 0) is 35.9 Å². The lowest BCUT2D eigenvalue weighted by atomic mass is 10.1. The number of terminal acetylenes is 1. The summed E-state index contributed by atoms with van der Waals surface area (Å²) in [6, 6.07) is 12.0. The minimum atomic E-state index is -3.33. The first-order valence-electron chi connectivity index (χ1n) is 8.29. The number of sulfone groups is 1. The van der Waals surface area contributed by atoms with Crippen molar-refractivity contribution in [1.82, 2.24) is 4.57 Å². The van der Waals surface area contributed by atoms with Crippen molar-refractivity contribution in [2.24, 2.45) is 4.99 Å². The Morgan fingerprint density at radius 3 is 2.57 bits per heavy atom. The highest BCUT2D eigenvalue weighted by Crippen LogP contribution is 2.22. The number of nitrogens with zero attached hydrogens (tertiary/aromatic N) is 2. The van der Waals surface area contributed by atoms with Gasteiger partial charge in [-0.1, -0.05) is 29.4 Å². The summed E-state index contributed by atoms with van der Waals surface area (Å²) in [5, 5.41) is 0. The van der Waals surface area contributed by atoms with E-state index in [0.717, 1.165) is 17.3 Å². The van der Waals surface area contributed by atoms with Crippen LogP contribution in [0.4, 0.5) is 0 Å². The number of carbonyl (C=O) groups is 1. The second-order valence-corrected chi connectivity index (χ2v) is 9.13. The molecule has 0 atom stereocenters. The largest absolute Gasteiger partial charge is 0.497 e. The van der Waals surface area contributed by atoms with E-state index in [0.29, 0.717) is 15.3 Å². The van der Waals surface area contributed by atoms with Crippen LogP contribution in [-0.4, -0.2) is 32.3 Å². The van der Waals surface area contributed by atoms with Gasteiger partial charge in [0.2, 0.25) is 0 Å². The van der Waals surface area contributed by atoms with Crippen LogP contribution in [0.5, 0.6) is 5.75 Å². The van der Waals surface area contributed by atoms with Gasteiger partial charge >= 0.3 is 0 Å². The number of thiazole rings is 1. The van der Waals surface area contributed by atoms with Crippen molar-refractivity contribution < 1.29 is 17.9 Å². The molecule has 28 heavy (non-hydrogen) atoms. The third-order valence-electron chi connectivity index (χ3n) is 4.07. The molecular weight excluding hydrogens is 396 g/mol. The fraction of sp³-hybridized carbons (Fsp3) is 0.200. The minimum absolute atomic E-state index is 0.142. The number of methoxy groups -OCH3 is 1. The maximum atomic E-state index is 12.4. The number of amides is 1. The fourth-order valence-electron chi connectivity index (χ4n) is 2.68. The summed E-state index contributed by atoms with van der Waals surface area (Å²) in [5.41, 5.74) is 1.56. The summed E-state index contributed by atoms with van der Waals surface area (Å²) in [5.74, 6) is 2.95. The molecule has 0 aliphatic heterocycles. The van der Waals surface area contributed by atoms with Gasteiger partial charge in [0, 0.05) is 6.26 Å². The van der Waals surface area contributed by atoms with Gasteiger partial charge in [-0.25, -0.2) is 8.42 Å². The van der Waals surface area contributed by atoms with Crippen molar-refractivity contribution in [3.63, 3.8) is 0 Å². The predicted molar refractivity (Wildman–Crippen MR) is 109 cm³/mol. The predicted octanol–water partition coefficient (Wildman–Crippen LogP) is 2.42. The molecular formula is C20H18N2O4S2. The molecule has 0 spiro atoms. The fourth-order valence-corrected chi connectivity index (χ4v) is 4.49. The molecule has 6 nitrogen and oxygen atoms in total. The third kappa shape index (κ3) is 4.32. The Morgan fingerprint density at radius 2 is 1.96 bits per heavy atom. The number of hydrogen-bond acceptors (Lipinski definition) is 5. The standard InChI is InChI=1S/C20H18N2O4S2/c1-4-11-22-17-10-9-16(28(3,24)25)13-18(17)27-20(22)21-19(23)12-14-5-7-15(26-2)8-6-14/h1,5-10,13H,11-12H2,2-3H3. The van der Waals surface area contributed by atoms with Crippen molar-refractivity contribution in [1.29, 1.82) is 0 Å². The van der Waals surface area contributed by atoms with Crippen molar-refractivity contribution in [3.8, 4) is 18.1 Å². The van der Waals surface area contributed by atoms with Crippen molar-refractivity contribution in [3.05, 3.63) is 52.8 Å². The van der Waals surface area contributed by atoms with Gasteiger partial charge in [-0.2, -0.15) is 4.99 Å². The number of fused-ring (bicyclic) bond motifs is 1. The molecule has 0 bridgehead atoms. The summed E-state index contributed by atoms with van der Waals surface area (Å²) in [6.07, 6.45) is 6.76. The van der Waals surface area contributed by atoms with Crippen LogP contribution in [0.1, 0.15) is 5.56 Å². The molecule has 0 aliphatic carbocycles. The maximum absolute atomic E-state index is 12.4. The van der Waals surface area contributed by atoms with E-state index in [1.54, 1.807) is 35.9 Å². The highest BCUT2D eigenvalue weighted by Gasteiger charge is 2.12. The molecule has 0 N–H and O–H groups in total. The Morgan fingerprint density at radius 1 is 1.25 bits per heavy atom. The normalized spacial score (nSPS) is 12.1. The lowest BCUT2D eigenvalue weighted by Gasteiger charge is -2.02. The van der Waals surface area contributed by atoms with Crippen molar-refractivity contribution in [2.75, 3.05) is 13.4 Å². The summed E-state index contributed by atoms with van der Waals surface area (Å²) in [7, 11) is -1.75. The van der Waals surface area contributed by atoms with Gasteiger partial charge in [-0.3, -0.25) is 4.79 Å².